The van der Waals surface area contributed by atoms with E-state index in [1.807, 2.05) is 4.57 Å². The van der Waals surface area contributed by atoms with Gasteiger partial charge in [-0.25, -0.2) is 8.78 Å². The summed E-state index contributed by atoms with van der Waals surface area (Å²) in [7, 11) is 0. The Balaban J connectivity index is 1.62. The fraction of sp³-hybridized carbons (Fsp3) is 0.250. The van der Waals surface area contributed by atoms with Gasteiger partial charge >= 0.3 is 0 Å². The van der Waals surface area contributed by atoms with Gasteiger partial charge in [-0.15, -0.1) is 10.2 Å². The second kappa shape index (κ2) is 7.23. The normalized spacial score (nSPS) is 14.9. The van der Waals surface area contributed by atoms with Crippen LogP contribution in [0.25, 0.3) is 11.4 Å². The summed E-state index contributed by atoms with van der Waals surface area (Å²) in [6, 6.07) is 12.2. The van der Waals surface area contributed by atoms with Gasteiger partial charge in [0.1, 0.15) is 11.6 Å². The molecule has 0 N–H and O–H groups in total. The molecule has 1 aliphatic rings. The van der Waals surface area contributed by atoms with Gasteiger partial charge in [-0.1, -0.05) is 23.9 Å². The van der Waals surface area contributed by atoms with Crippen molar-refractivity contribution in [1.29, 1.82) is 0 Å². The van der Waals surface area contributed by atoms with Gasteiger partial charge in [-0.2, -0.15) is 0 Å². The summed E-state index contributed by atoms with van der Waals surface area (Å²) in [6.45, 7) is 1.78. The van der Waals surface area contributed by atoms with Gasteiger partial charge in [-0.3, -0.25) is 9.36 Å². The van der Waals surface area contributed by atoms with Crippen LogP contribution in [-0.4, -0.2) is 25.8 Å². The van der Waals surface area contributed by atoms with Crippen LogP contribution in [0.2, 0.25) is 0 Å². The van der Waals surface area contributed by atoms with Crippen LogP contribution in [-0.2, 0) is 0 Å². The zero-order chi connectivity index (χ0) is 19.0. The molecule has 1 heterocycles. The third-order valence-electron chi connectivity index (χ3n) is 4.47. The first kappa shape index (κ1) is 17.9. The number of thioether (sulfide) groups is 1. The van der Waals surface area contributed by atoms with E-state index in [9.17, 15) is 13.6 Å². The van der Waals surface area contributed by atoms with Crippen molar-refractivity contribution in [3.05, 3.63) is 65.7 Å². The SMILES string of the molecule is CC(Sc1nnc(-c2ccccc2F)n1C1CC1)C(=O)c1ccc(F)cc1. The van der Waals surface area contributed by atoms with E-state index in [0.717, 1.165) is 12.8 Å². The van der Waals surface area contributed by atoms with Crippen LogP contribution in [0.15, 0.2) is 53.7 Å². The number of aromatic nitrogens is 3. The van der Waals surface area contributed by atoms with Gasteiger partial charge in [0.05, 0.1) is 10.8 Å². The average molecular weight is 385 g/mol. The first-order valence-corrected chi connectivity index (χ1v) is 9.59. The highest BCUT2D eigenvalue weighted by molar-refractivity contribution is 8.00. The van der Waals surface area contributed by atoms with Crippen molar-refractivity contribution in [2.24, 2.45) is 0 Å². The summed E-state index contributed by atoms with van der Waals surface area (Å²) in [6.07, 6.45) is 1.96. The lowest BCUT2D eigenvalue weighted by molar-refractivity contribution is 0.0994. The molecule has 1 saturated carbocycles. The van der Waals surface area contributed by atoms with Crippen LogP contribution in [0.4, 0.5) is 8.78 Å². The Kier molecular flexibility index (Phi) is 4.78. The van der Waals surface area contributed by atoms with Gasteiger partial charge in [0, 0.05) is 11.6 Å². The second-order valence-corrected chi connectivity index (χ2v) is 7.83. The van der Waals surface area contributed by atoms with Crippen LogP contribution in [0, 0.1) is 11.6 Å². The van der Waals surface area contributed by atoms with Gasteiger partial charge in [-0.05, 0) is 56.2 Å². The molecule has 0 radical (unpaired) electrons. The minimum Gasteiger partial charge on any atom is -0.299 e. The van der Waals surface area contributed by atoms with Crippen LogP contribution in [0.1, 0.15) is 36.2 Å². The van der Waals surface area contributed by atoms with Gasteiger partial charge in [0.25, 0.3) is 0 Å². The molecule has 0 amide bonds. The number of rotatable bonds is 6. The molecule has 1 unspecified atom stereocenters. The van der Waals surface area contributed by atoms with E-state index in [-0.39, 0.29) is 23.5 Å². The Morgan fingerprint density at radius 2 is 1.81 bits per heavy atom. The van der Waals surface area contributed by atoms with E-state index in [1.165, 1.54) is 42.1 Å². The Bertz CT molecular complexity index is 983. The van der Waals surface area contributed by atoms with Crippen LogP contribution < -0.4 is 0 Å². The molecule has 27 heavy (non-hydrogen) atoms. The Morgan fingerprint density at radius 3 is 2.48 bits per heavy atom. The standard InChI is InChI=1S/C20H17F2N3OS/c1-12(18(26)13-6-8-14(21)9-7-13)27-20-24-23-19(25(20)15-10-11-15)16-4-2-3-5-17(16)22/h2-9,12,15H,10-11H2,1H3. The first-order chi connectivity index (χ1) is 13.0. The number of halogens is 2. The third-order valence-corrected chi connectivity index (χ3v) is 5.53. The number of benzene rings is 2. The smallest absolute Gasteiger partial charge is 0.192 e. The van der Waals surface area contributed by atoms with Crippen LogP contribution in [0.3, 0.4) is 0 Å². The third kappa shape index (κ3) is 3.64. The number of carbonyl (C=O) groups is 1. The van der Waals surface area contributed by atoms with Crippen molar-refractivity contribution < 1.29 is 13.6 Å². The number of Topliss-reactive ketones (excluding diaryl/α,β-unsaturated/α-hetero) is 1. The first-order valence-electron chi connectivity index (χ1n) is 8.71. The van der Waals surface area contributed by atoms with Crippen molar-refractivity contribution in [3.63, 3.8) is 0 Å². The Hall–Kier alpha value is -2.54. The summed E-state index contributed by atoms with van der Waals surface area (Å²) in [5.41, 5.74) is 0.851. The minimum absolute atomic E-state index is 0.113. The van der Waals surface area contributed by atoms with Gasteiger partial charge < -0.3 is 0 Å². The van der Waals surface area contributed by atoms with Crippen molar-refractivity contribution >= 4 is 17.5 Å². The molecule has 2 aromatic carbocycles. The lowest BCUT2D eigenvalue weighted by Crippen LogP contribution is -2.14. The highest BCUT2D eigenvalue weighted by atomic mass is 32.2. The van der Waals surface area contributed by atoms with E-state index < -0.39 is 5.25 Å². The molecule has 1 atom stereocenters. The van der Waals surface area contributed by atoms with E-state index in [1.54, 1.807) is 25.1 Å². The topological polar surface area (TPSA) is 47.8 Å². The monoisotopic (exact) mass is 385 g/mol. The Morgan fingerprint density at radius 1 is 1.11 bits per heavy atom. The average Bonchev–Trinajstić information content (AvgIpc) is 3.43. The van der Waals surface area contributed by atoms with E-state index in [2.05, 4.69) is 10.2 Å². The maximum Gasteiger partial charge on any atom is 0.192 e. The quantitative estimate of drug-likeness (QED) is 0.446. The molecule has 1 aromatic heterocycles. The van der Waals surface area contributed by atoms with Crippen molar-refractivity contribution in [1.82, 2.24) is 14.8 Å². The molecular weight excluding hydrogens is 368 g/mol. The minimum atomic E-state index is -0.425. The zero-order valence-corrected chi connectivity index (χ0v) is 15.4. The predicted molar refractivity (Wildman–Crippen MR) is 99.7 cm³/mol. The van der Waals surface area contributed by atoms with E-state index >= 15 is 0 Å². The fourth-order valence-corrected chi connectivity index (χ4v) is 3.90. The molecule has 0 aliphatic heterocycles. The van der Waals surface area contributed by atoms with Crippen molar-refractivity contribution in [2.45, 2.75) is 36.2 Å². The summed E-state index contributed by atoms with van der Waals surface area (Å²) in [5, 5.41) is 8.59. The van der Waals surface area contributed by atoms with Crippen molar-refractivity contribution in [2.75, 3.05) is 0 Å². The summed E-state index contributed by atoms with van der Waals surface area (Å²) in [5.74, 6) is -0.356. The summed E-state index contributed by atoms with van der Waals surface area (Å²) < 4.78 is 29.2. The van der Waals surface area contributed by atoms with Crippen LogP contribution >= 0.6 is 11.8 Å². The lowest BCUT2D eigenvalue weighted by Gasteiger charge is -2.12. The van der Waals surface area contributed by atoms with Gasteiger partial charge in [0.2, 0.25) is 0 Å². The van der Waals surface area contributed by atoms with Crippen LogP contribution in [0.5, 0.6) is 0 Å². The molecule has 1 fully saturated rings. The van der Waals surface area contributed by atoms with E-state index in [4.69, 9.17) is 0 Å². The molecule has 0 spiro atoms. The molecular formula is C20H17F2N3OS. The number of ketones is 1. The fourth-order valence-electron chi connectivity index (χ4n) is 2.91. The maximum atomic E-state index is 14.2. The zero-order valence-electron chi connectivity index (χ0n) is 14.6. The predicted octanol–water partition coefficient (Wildman–Crippen LogP) is 4.92. The second-order valence-electron chi connectivity index (χ2n) is 6.52. The molecule has 0 bridgehead atoms. The highest BCUT2D eigenvalue weighted by Gasteiger charge is 2.32. The molecule has 3 aromatic rings. The highest BCUT2D eigenvalue weighted by Crippen LogP contribution is 2.42. The number of hydrogen-bond donors (Lipinski definition) is 0. The van der Waals surface area contributed by atoms with Crippen molar-refractivity contribution in [3.8, 4) is 11.4 Å². The summed E-state index contributed by atoms with van der Waals surface area (Å²) >= 11 is 1.29. The Labute approximate surface area is 159 Å². The molecule has 138 valence electrons. The maximum absolute atomic E-state index is 14.2. The van der Waals surface area contributed by atoms with E-state index in [0.29, 0.717) is 22.1 Å². The molecule has 4 rings (SSSR count). The number of carbonyl (C=O) groups excluding carboxylic acids is 1. The molecule has 4 nitrogen and oxygen atoms in total. The summed E-state index contributed by atoms with van der Waals surface area (Å²) in [4.78, 5) is 12.6. The van der Waals surface area contributed by atoms with Gasteiger partial charge in [0.15, 0.2) is 16.8 Å². The lowest BCUT2D eigenvalue weighted by atomic mass is 10.1. The number of hydrogen-bond acceptors (Lipinski definition) is 4. The molecule has 1 aliphatic carbocycles. The largest absolute Gasteiger partial charge is 0.299 e. The molecule has 7 heteroatoms. The number of nitrogens with zero attached hydrogens (tertiary/aromatic N) is 3. The molecule has 0 saturated heterocycles.